The zero-order chi connectivity index (χ0) is 22.0. The number of benzene rings is 1. The zero-order valence-corrected chi connectivity index (χ0v) is 17.0. The molecular formula is C20H30N4O5. The molecule has 0 unspecified atom stereocenters. The summed E-state index contributed by atoms with van der Waals surface area (Å²) in [4.78, 5) is 48.0. The van der Waals surface area contributed by atoms with E-state index in [1.807, 2.05) is 19.9 Å². The lowest BCUT2D eigenvalue weighted by Gasteiger charge is -2.23. The van der Waals surface area contributed by atoms with Crippen LogP contribution in [0.1, 0.15) is 32.8 Å². The van der Waals surface area contributed by atoms with Gasteiger partial charge in [-0.25, -0.2) is 4.79 Å². The summed E-state index contributed by atoms with van der Waals surface area (Å²) in [6.45, 7) is 4.99. The third kappa shape index (κ3) is 8.73. The molecule has 3 amide bonds. The van der Waals surface area contributed by atoms with Gasteiger partial charge in [-0.15, -0.1) is 0 Å². The molecule has 29 heavy (non-hydrogen) atoms. The summed E-state index contributed by atoms with van der Waals surface area (Å²) < 4.78 is 0. The van der Waals surface area contributed by atoms with Gasteiger partial charge in [0.05, 0.1) is 6.54 Å². The number of carboxylic acid groups (broad SMARTS) is 1. The molecule has 0 radical (unpaired) electrons. The molecule has 0 aliphatic carbocycles. The third-order valence-electron chi connectivity index (χ3n) is 4.19. The number of nitrogens with one attached hydrogen (secondary N) is 3. The fourth-order valence-corrected chi connectivity index (χ4v) is 2.68. The Morgan fingerprint density at radius 3 is 2.07 bits per heavy atom. The zero-order valence-electron chi connectivity index (χ0n) is 17.0. The van der Waals surface area contributed by atoms with Crippen molar-refractivity contribution in [1.82, 2.24) is 16.0 Å². The van der Waals surface area contributed by atoms with Gasteiger partial charge >= 0.3 is 5.97 Å². The van der Waals surface area contributed by atoms with E-state index in [9.17, 15) is 24.3 Å². The Bertz CT molecular complexity index is 708. The number of hydrogen-bond donors (Lipinski definition) is 5. The Kier molecular flexibility index (Phi) is 9.81. The number of carbonyl (C=O) groups excluding carboxylic acids is 3. The highest BCUT2D eigenvalue weighted by Gasteiger charge is 2.27. The molecule has 160 valence electrons. The van der Waals surface area contributed by atoms with E-state index in [1.165, 1.54) is 6.92 Å². The Hall–Kier alpha value is -2.94. The number of hydrogen-bond acceptors (Lipinski definition) is 5. The van der Waals surface area contributed by atoms with Gasteiger partial charge in [-0.2, -0.15) is 0 Å². The van der Waals surface area contributed by atoms with E-state index < -0.39 is 41.8 Å². The molecule has 9 heteroatoms. The van der Waals surface area contributed by atoms with Gasteiger partial charge in [0.2, 0.25) is 17.7 Å². The first-order valence-corrected chi connectivity index (χ1v) is 9.50. The predicted molar refractivity (Wildman–Crippen MR) is 108 cm³/mol. The Labute approximate surface area is 170 Å². The first-order valence-electron chi connectivity index (χ1n) is 9.50. The maximum absolute atomic E-state index is 12.5. The molecule has 0 bridgehead atoms. The maximum Gasteiger partial charge on any atom is 0.326 e. The molecule has 1 aromatic carbocycles. The number of carboxylic acids is 1. The number of aliphatic carboxylic acids is 1. The highest BCUT2D eigenvalue weighted by molar-refractivity contribution is 5.93. The molecule has 0 spiro atoms. The van der Waals surface area contributed by atoms with Gasteiger partial charge in [-0.05, 0) is 24.8 Å². The monoisotopic (exact) mass is 406 g/mol. The predicted octanol–water partition coefficient (Wildman–Crippen LogP) is -0.207. The van der Waals surface area contributed by atoms with Crippen molar-refractivity contribution in [2.24, 2.45) is 11.7 Å². The summed E-state index contributed by atoms with van der Waals surface area (Å²) in [5, 5.41) is 16.9. The minimum absolute atomic E-state index is 0.116. The number of nitrogens with two attached hydrogens (primary N) is 1. The fourth-order valence-electron chi connectivity index (χ4n) is 2.68. The van der Waals surface area contributed by atoms with Crippen molar-refractivity contribution in [2.75, 3.05) is 6.54 Å². The van der Waals surface area contributed by atoms with Crippen LogP contribution in [0.15, 0.2) is 30.3 Å². The van der Waals surface area contributed by atoms with Crippen molar-refractivity contribution < 1.29 is 24.3 Å². The summed E-state index contributed by atoms with van der Waals surface area (Å²) in [6.07, 6.45) is 0.489. The van der Waals surface area contributed by atoms with E-state index in [1.54, 1.807) is 24.3 Å². The van der Waals surface area contributed by atoms with Crippen LogP contribution in [0, 0.1) is 5.92 Å². The summed E-state index contributed by atoms with van der Waals surface area (Å²) in [7, 11) is 0. The normalized spacial score (nSPS) is 13.8. The van der Waals surface area contributed by atoms with Gasteiger partial charge < -0.3 is 26.8 Å². The molecule has 6 N–H and O–H groups in total. The van der Waals surface area contributed by atoms with Crippen LogP contribution in [0.3, 0.4) is 0 Å². The molecule has 0 aromatic heterocycles. The van der Waals surface area contributed by atoms with E-state index in [0.29, 0.717) is 6.42 Å². The molecule has 9 nitrogen and oxygen atoms in total. The highest BCUT2D eigenvalue weighted by atomic mass is 16.4. The quantitative estimate of drug-likeness (QED) is 0.343. The van der Waals surface area contributed by atoms with Gasteiger partial charge in [-0.3, -0.25) is 14.4 Å². The van der Waals surface area contributed by atoms with Gasteiger partial charge in [-0.1, -0.05) is 44.2 Å². The summed E-state index contributed by atoms with van der Waals surface area (Å²) >= 11 is 0. The topological polar surface area (TPSA) is 151 Å². The molecule has 0 aliphatic rings. The van der Waals surface area contributed by atoms with Gasteiger partial charge in [0.1, 0.15) is 18.1 Å². The average molecular weight is 406 g/mol. The molecule has 1 rings (SSSR count). The van der Waals surface area contributed by atoms with E-state index in [4.69, 9.17) is 5.73 Å². The molecule has 3 atom stereocenters. The maximum atomic E-state index is 12.5. The van der Waals surface area contributed by atoms with Crippen molar-refractivity contribution in [3.63, 3.8) is 0 Å². The largest absolute Gasteiger partial charge is 0.480 e. The number of amides is 3. The van der Waals surface area contributed by atoms with Crippen molar-refractivity contribution in [1.29, 1.82) is 0 Å². The van der Waals surface area contributed by atoms with Gasteiger partial charge in [0.25, 0.3) is 0 Å². The van der Waals surface area contributed by atoms with Crippen LogP contribution in [0.4, 0.5) is 0 Å². The second-order valence-electron chi connectivity index (χ2n) is 7.27. The Balaban J connectivity index is 2.72. The lowest BCUT2D eigenvalue weighted by molar-refractivity contribution is -0.142. The van der Waals surface area contributed by atoms with E-state index >= 15 is 0 Å². The SMILES string of the molecule is CC(C)C[C@H](NC(=O)CN)C(=O)N[C@@H](C)C(=O)N[C@@H](Cc1ccccc1)C(=O)O. The van der Waals surface area contributed by atoms with Crippen molar-refractivity contribution >= 4 is 23.7 Å². The molecule has 0 saturated carbocycles. The molecule has 0 heterocycles. The molecule has 0 aliphatic heterocycles. The Morgan fingerprint density at radius 2 is 1.55 bits per heavy atom. The van der Waals surface area contributed by atoms with E-state index in [0.717, 1.165) is 5.56 Å². The lowest BCUT2D eigenvalue weighted by atomic mass is 10.0. The van der Waals surface area contributed by atoms with E-state index in [-0.39, 0.29) is 18.9 Å². The van der Waals surface area contributed by atoms with Gasteiger partial charge in [0.15, 0.2) is 0 Å². The summed E-state index contributed by atoms with van der Waals surface area (Å²) in [5.74, 6) is -2.69. The standard InChI is InChI=1S/C20H30N4O5/c1-12(2)9-15(23-17(25)11-21)19(27)22-13(3)18(26)24-16(20(28)29)10-14-7-5-4-6-8-14/h4-8,12-13,15-16H,9-11,21H2,1-3H3,(H,22,27)(H,23,25)(H,24,26)(H,28,29)/t13-,15-,16-/m0/s1. The average Bonchev–Trinajstić information content (AvgIpc) is 2.66. The summed E-state index contributed by atoms with van der Waals surface area (Å²) in [6, 6.07) is 5.96. The molecule has 0 fully saturated rings. The second-order valence-corrected chi connectivity index (χ2v) is 7.27. The number of carbonyl (C=O) groups is 4. The van der Waals surface area contributed by atoms with Crippen LogP contribution in [0.5, 0.6) is 0 Å². The summed E-state index contributed by atoms with van der Waals surface area (Å²) in [5.41, 5.74) is 6.05. The van der Waals surface area contributed by atoms with Crippen LogP contribution in [0.2, 0.25) is 0 Å². The molecule has 1 aromatic rings. The molecular weight excluding hydrogens is 376 g/mol. The fraction of sp³-hybridized carbons (Fsp3) is 0.500. The van der Waals surface area contributed by atoms with Crippen LogP contribution < -0.4 is 21.7 Å². The van der Waals surface area contributed by atoms with Crippen LogP contribution >= 0.6 is 0 Å². The third-order valence-corrected chi connectivity index (χ3v) is 4.19. The van der Waals surface area contributed by atoms with Crippen LogP contribution in [-0.4, -0.2) is 53.5 Å². The first-order chi connectivity index (χ1) is 13.6. The second kappa shape index (κ2) is 11.8. The lowest BCUT2D eigenvalue weighted by Crippen LogP contribution is -2.55. The smallest absolute Gasteiger partial charge is 0.326 e. The number of rotatable bonds is 11. The van der Waals surface area contributed by atoms with E-state index in [2.05, 4.69) is 16.0 Å². The minimum Gasteiger partial charge on any atom is -0.480 e. The highest BCUT2D eigenvalue weighted by Crippen LogP contribution is 2.06. The van der Waals surface area contributed by atoms with Crippen LogP contribution in [0.25, 0.3) is 0 Å². The van der Waals surface area contributed by atoms with Crippen molar-refractivity contribution in [2.45, 2.75) is 51.7 Å². The first kappa shape index (κ1) is 24.1. The van der Waals surface area contributed by atoms with Crippen molar-refractivity contribution in [3.8, 4) is 0 Å². The van der Waals surface area contributed by atoms with Gasteiger partial charge in [0, 0.05) is 6.42 Å². The minimum atomic E-state index is -1.17. The van der Waals surface area contributed by atoms with Crippen molar-refractivity contribution in [3.05, 3.63) is 35.9 Å². The van der Waals surface area contributed by atoms with Crippen LogP contribution in [-0.2, 0) is 25.6 Å². The Morgan fingerprint density at radius 1 is 0.931 bits per heavy atom. The molecule has 0 saturated heterocycles.